The molecule has 86 valence electrons. The van der Waals surface area contributed by atoms with Crippen LogP contribution in [0, 0.1) is 0 Å². The lowest BCUT2D eigenvalue weighted by Crippen LogP contribution is -2.53. The predicted octanol–water partition coefficient (Wildman–Crippen LogP) is -1.46. The van der Waals surface area contributed by atoms with E-state index in [0.717, 1.165) is 0 Å². The maximum absolute atomic E-state index is 11.4. The fourth-order valence-corrected chi connectivity index (χ4v) is 0.807. The third-order valence-corrected chi connectivity index (χ3v) is 1.44. The van der Waals surface area contributed by atoms with Gasteiger partial charge in [-0.3, -0.25) is 14.4 Å². The van der Waals surface area contributed by atoms with Gasteiger partial charge >= 0.3 is 0 Å². The highest BCUT2D eigenvalue weighted by Gasteiger charge is 2.19. The molecule has 0 bridgehead atoms. The molecule has 1 atom stereocenters. The van der Waals surface area contributed by atoms with Gasteiger partial charge in [-0.1, -0.05) is 0 Å². The summed E-state index contributed by atoms with van der Waals surface area (Å²) in [5, 5.41) is 4.86. The van der Waals surface area contributed by atoms with Crippen LogP contribution in [0.15, 0.2) is 0 Å². The van der Waals surface area contributed by atoms with Gasteiger partial charge in [-0.15, -0.1) is 0 Å². The van der Waals surface area contributed by atoms with Crippen LogP contribution in [0.4, 0.5) is 0 Å². The molecule has 0 radical (unpaired) electrons. The summed E-state index contributed by atoms with van der Waals surface area (Å²) in [6.07, 6.45) is 0.133. The lowest BCUT2D eigenvalue weighted by molar-refractivity contribution is -0.131. The number of nitrogens with one attached hydrogen (secondary N) is 2. The summed E-state index contributed by atoms with van der Waals surface area (Å²) in [5.74, 6) is -1.15. The van der Waals surface area contributed by atoms with Crippen molar-refractivity contribution in [3.63, 3.8) is 0 Å². The average Bonchev–Trinajstić information content (AvgIpc) is 2.10. The smallest absolute Gasteiger partial charge is 0.284 e. The summed E-state index contributed by atoms with van der Waals surface area (Å²) in [7, 11) is 0. The summed E-state index contributed by atoms with van der Waals surface area (Å²) in [6, 6.07) is -0.854. The third kappa shape index (κ3) is 6.62. The molecule has 0 aromatic carbocycles. The quantitative estimate of drug-likeness (QED) is 0.394. The van der Waals surface area contributed by atoms with Crippen LogP contribution in [0.5, 0.6) is 0 Å². The molecule has 0 heterocycles. The standard InChI is InChI=1S/C9H17N3O3/c1-9(2,3)12-8(15)6(10)4-11-7(14)5-13/h5-6H,4,10H2,1-3H3,(H,11,14)(H,12,15)/t6-/m1/s1. The molecule has 0 saturated carbocycles. The average molecular weight is 215 g/mol. The monoisotopic (exact) mass is 215 g/mol. The summed E-state index contributed by atoms with van der Waals surface area (Å²) in [4.78, 5) is 31.9. The van der Waals surface area contributed by atoms with E-state index in [2.05, 4.69) is 10.6 Å². The Balaban J connectivity index is 4.00. The molecular formula is C9H17N3O3. The van der Waals surface area contributed by atoms with Crippen molar-refractivity contribution >= 4 is 18.1 Å². The summed E-state index contributed by atoms with van der Waals surface area (Å²) in [6.45, 7) is 5.41. The number of aldehydes is 1. The van der Waals surface area contributed by atoms with E-state index in [1.165, 1.54) is 0 Å². The first kappa shape index (κ1) is 13.6. The van der Waals surface area contributed by atoms with Gasteiger partial charge in [0.1, 0.15) is 6.04 Å². The Kier molecular flexibility index (Phi) is 4.93. The van der Waals surface area contributed by atoms with E-state index >= 15 is 0 Å². The van der Waals surface area contributed by atoms with Crippen LogP contribution < -0.4 is 16.4 Å². The van der Waals surface area contributed by atoms with Crippen LogP contribution in [0.2, 0.25) is 0 Å². The molecule has 2 amide bonds. The lowest BCUT2D eigenvalue weighted by Gasteiger charge is -2.23. The van der Waals surface area contributed by atoms with E-state index in [1.54, 1.807) is 0 Å². The lowest BCUT2D eigenvalue weighted by atomic mass is 10.1. The summed E-state index contributed by atoms with van der Waals surface area (Å²) in [5.41, 5.74) is 5.11. The van der Waals surface area contributed by atoms with Crippen molar-refractivity contribution in [2.75, 3.05) is 6.54 Å². The number of hydrogen-bond donors (Lipinski definition) is 3. The number of amides is 2. The van der Waals surface area contributed by atoms with Gasteiger partial charge < -0.3 is 16.4 Å². The first-order chi connectivity index (χ1) is 6.76. The van der Waals surface area contributed by atoms with Crippen molar-refractivity contribution in [3.05, 3.63) is 0 Å². The van der Waals surface area contributed by atoms with Crippen LogP contribution in [0.1, 0.15) is 20.8 Å². The SMILES string of the molecule is CC(C)(C)NC(=O)[C@H](N)CNC(=O)C=O. The summed E-state index contributed by atoms with van der Waals surface area (Å²) < 4.78 is 0. The first-order valence-corrected chi connectivity index (χ1v) is 4.57. The first-order valence-electron chi connectivity index (χ1n) is 4.57. The molecule has 0 saturated heterocycles. The second kappa shape index (κ2) is 5.45. The molecular weight excluding hydrogens is 198 g/mol. The zero-order chi connectivity index (χ0) is 12.1. The highest BCUT2D eigenvalue weighted by atomic mass is 16.2. The molecule has 0 unspecified atom stereocenters. The zero-order valence-electron chi connectivity index (χ0n) is 9.16. The van der Waals surface area contributed by atoms with Crippen LogP contribution in [0.3, 0.4) is 0 Å². The fourth-order valence-electron chi connectivity index (χ4n) is 0.807. The number of nitrogens with two attached hydrogens (primary N) is 1. The number of hydrogen-bond acceptors (Lipinski definition) is 4. The minimum atomic E-state index is -0.854. The highest BCUT2D eigenvalue weighted by Crippen LogP contribution is 1.98. The van der Waals surface area contributed by atoms with Gasteiger partial charge in [0.25, 0.3) is 5.91 Å². The minimum absolute atomic E-state index is 0.0561. The Morgan fingerprint density at radius 3 is 2.33 bits per heavy atom. The van der Waals surface area contributed by atoms with E-state index in [9.17, 15) is 14.4 Å². The molecule has 0 aliphatic heterocycles. The van der Waals surface area contributed by atoms with Gasteiger partial charge in [-0.2, -0.15) is 0 Å². The van der Waals surface area contributed by atoms with Crippen LogP contribution in [0.25, 0.3) is 0 Å². The molecule has 0 spiro atoms. The van der Waals surface area contributed by atoms with Gasteiger partial charge in [-0.05, 0) is 20.8 Å². The molecule has 0 rings (SSSR count). The van der Waals surface area contributed by atoms with Gasteiger partial charge in [0.2, 0.25) is 12.2 Å². The molecule has 6 nitrogen and oxygen atoms in total. The molecule has 15 heavy (non-hydrogen) atoms. The normalized spacial score (nSPS) is 12.8. The molecule has 6 heteroatoms. The Morgan fingerprint density at radius 2 is 1.93 bits per heavy atom. The zero-order valence-corrected chi connectivity index (χ0v) is 9.16. The predicted molar refractivity (Wildman–Crippen MR) is 54.9 cm³/mol. The number of carbonyl (C=O) groups is 3. The van der Waals surface area contributed by atoms with Gasteiger partial charge in [0.05, 0.1) is 0 Å². The number of carbonyl (C=O) groups excluding carboxylic acids is 3. The topological polar surface area (TPSA) is 101 Å². The molecule has 4 N–H and O–H groups in total. The molecule has 0 aliphatic rings. The largest absolute Gasteiger partial charge is 0.350 e. The van der Waals surface area contributed by atoms with Gasteiger partial charge in [0, 0.05) is 12.1 Å². The Labute approximate surface area is 88.6 Å². The van der Waals surface area contributed by atoms with Crippen molar-refractivity contribution in [1.29, 1.82) is 0 Å². The van der Waals surface area contributed by atoms with Gasteiger partial charge in [0.15, 0.2) is 0 Å². The second-order valence-electron chi connectivity index (χ2n) is 4.21. The number of rotatable bonds is 4. The van der Waals surface area contributed by atoms with E-state index in [4.69, 9.17) is 5.73 Å². The molecule has 0 aliphatic carbocycles. The van der Waals surface area contributed by atoms with Crippen molar-refractivity contribution < 1.29 is 14.4 Å². The van der Waals surface area contributed by atoms with E-state index in [1.807, 2.05) is 20.8 Å². The maximum atomic E-state index is 11.4. The van der Waals surface area contributed by atoms with Gasteiger partial charge in [-0.25, -0.2) is 0 Å². The molecule has 0 aromatic heterocycles. The van der Waals surface area contributed by atoms with Crippen molar-refractivity contribution in [1.82, 2.24) is 10.6 Å². The Morgan fingerprint density at radius 1 is 1.40 bits per heavy atom. The fraction of sp³-hybridized carbons (Fsp3) is 0.667. The van der Waals surface area contributed by atoms with E-state index < -0.39 is 11.9 Å². The van der Waals surface area contributed by atoms with Crippen LogP contribution in [-0.4, -0.2) is 36.2 Å². The molecule has 0 aromatic rings. The van der Waals surface area contributed by atoms with Crippen LogP contribution in [-0.2, 0) is 14.4 Å². The maximum Gasteiger partial charge on any atom is 0.284 e. The van der Waals surface area contributed by atoms with Crippen molar-refractivity contribution in [2.24, 2.45) is 5.73 Å². The minimum Gasteiger partial charge on any atom is -0.350 e. The van der Waals surface area contributed by atoms with E-state index in [-0.39, 0.29) is 24.3 Å². The Hall–Kier alpha value is -1.43. The van der Waals surface area contributed by atoms with E-state index in [0.29, 0.717) is 0 Å². The Bertz CT molecular complexity index is 258. The van der Waals surface area contributed by atoms with Crippen LogP contribution >= 0.6 is 0 Å². The second-order valence-corrected chi connectivity index (χ2v) is 4.21. The highest BCUT2D eigenvalue weighted by molar-refractivity contribution is 6.23. The summed E-state index contributed by atoms with van der Waals surface area (Å²) >= 11 is 0. The third-order valence-electron chi connectivity index (χ3n) is 1.44. The molecule has 0 fully saturated rings. The van der Waals surface area contributed by atoms with Crippen molar-refractivity contribution in [3.8, 4) is 0 Å². The van der Waals surface area contributed by atoms with Crippen molar-refractivity contribution in [2.45, 2.75) is 32.4 Å².